The lowest BCUT2D eigenvalue weighted by molar-refractivity contribution is -0.129. The van der Waals surface area contributed by atoms with Gasteiger partial charge in [0.15, 0.2) is 5.16 Å². The summed E-state index contributed by atoms with van der Waals surface area (Å²) in [6, 6.07) is 14.9. The molecule has 0 aliphatic carbocycles. The largest absolute Gasteiger partial charge is 0.494 e. The van der Waals surface area contributed by atoms with Gasteiger partial charge in [-0.3, -0.25) is 4.79 Å². The lowest BCUT2D eigenvalue weighted by Gasteiger charge is -2.33. The van der Waals surface area contributed by atoms with E-state index < -0.39 is 10.0 Å². The van der Waals surface area contributed by atoms with Gasteiger partial charge in [-0.05, 0) is 30.7 Å². The van der Waals surface area contributed by atoms with Crippen molar-refractivity contribution in [3.63, 3.8) is 0 Å². The molecule has 174 valence electrons. The Balaban J connectivity index is 1.28. The molecule has 0 saturated carbocycles. The number of aromatic amines is 1. The number of rotatable bonds is 8. The number of hydrogen-bond acceptors (Lipinski definition) is 6. The molecule has 0 spiro atoms. The molecule has 0 bridgehead atoms. The number of sulfonamides is 1. The highest BCUT2D eigenvalue weighted by atomic mass is 32.2. The van der Waals surface area contributed by atoms with E-state index in [2.05, 4.69) is 9.97 Å². The predicted octanol–water partition coefficient (Wildman–Crippen LogP) is 3.20. The number of nitrogens with one attached hydrogen (secondary N) is 1. The molecule has 3 aromatic rings. The number of nitrogens with zero attached hydrogens (tertiary/aromatic N) is 3. The smallest absolute Gasteiger partial charge is 0.236 e. The molecule has 8 nitrogen and oxygen atoms in total. The number of carbonyl (C=O) groups excluding carboxylic acids is 1. The molecular weight excluding hydrogens is 460 g/mol. The fourth-order valence-electron chi connectivity index (χ4n) is 3.52. The van der Waals surface area contributed by atoms with Crippen LogP contribution < -0.4 is 4.74 Å². The molecule has 1 fully saturated rings. The van der Waals surface area contributed by atoms with Crippen molar-refractivity contribution in [1.82, 2.24) is 19.2 Å². The Morgan fingerprint density at radius 1 is 1.15 bits per heavy atom. The van der Waals surface area contributed by atoms with E-state index >= 15 is 0 Å². The Bertz CT molecular complexity index is 1230. The van der Waals surface area contributed by atoms with Crippen molar-refractivity contribution < 1.29 is 17.9 Å². The molecule has 1 aliphatic heterocycles. The van der Waals surface area contributed by atoms with Crippen molar-refractivity contribution in [3.8, 4) is 5.75 Å². The van der Waals surface area contributed by atoms with Gasteiger partial charge in [0.05, 0.1) is 23.4 Å². The summed E-state index contributed by atoms with van der Waals surface area (Å²) in [6.45, 7) is 3.82. The van der Waals surface area contributed by atoms with Crippen LogP contribution in [-0.2, 0) is 14.8 Å². The van der Waals surface area contributed by atoms with Gasteiger partial charge in [0, 0.05) is 37.7 Å². The standard InChI is InChI=1S/C23H26N4O4S2/c1-2-31-19-8-9-20-21(16-19)25-23(24-20)32-17-22(28)26-11-13-27(14-12-26)33(29,30)15-10-18-6-4-3-5-7-18/h3-10,15-16H,2,11-14,17H2,1H3,(H,24,25). The van der Waals surface area contributed by atoms with E-state index in [4.69, 9.17) is 4.74 Å². The van der Waals surface area contributed by atoms with Crippen molar-refractivity contribution in [2.75, 3.05) is 38.5 Å². The summed E-state index contributed by atoms with van der Waals surface area (Å²) >= 11 is 1.34. The van der Waals surface area contributed by atoms with Crippen LogP contribution in [0.1, 0.15) is 12.5 Å². The topological polar surface area (TPSA) is 95.6 Å². The van der Waals surface area contributed by atoms with Crippen LogP contribution in [-0.4, -0.2) is 72.0 Å². The van der Waals surface area contributed by atoms with Gasteiger partial charge in [0.2, 0.25) is 15.9 Å². The van der Waals surface area contributed by atoms with Gasteiger partial charge in [-0.25, -0.2) is 13.4 Å². The number of amides is 1. The quantitative estimate of drug-likeness (QED) is 0.492. The summed E-state index contributed by atoms with van der Waals surface area (Å²) in [4.78, 5) is 22.1. The van der Waals surface area contributed by atoms with Crippen LogP contribution in [0.4, 0.5) is 0 Å². The fourth-order valence-corrected chi connectivity index (χ4v) is 5.48. The first-order valence-electron chi connectivity index (χ1n) is 10.7. The van der Waals surface area contributed by atoms with Crippen LogP contribution in [0.25, 0.3) is 17.1 Å². The van der Waals surface area contributed by atoms with Crippen molar-refractivity contribution in [2.24, 2.45) is 0 Å². The fraction of sp³-hybridized carbons (Fsp3) is 0.304. The molecular formula is C23H26N4O4S2. The van der Waals surface area contributed by atoms with Crippen molar-refractivity contribution in [2.45, 2.75) is 12.1 Å². The number of benzene rings is 2. The molecule has 0 atom stereocenters. The number of thioether (sulfide) groups is 1. The van der Waals surface area contributed by atoms with E-state index in [1.54, 1.807) is 11.0 Å². The Morgan fingerprint density at radius 2 is 1.91 bits per heavy atom. The Morgan fingerprint density at radius 3 is 2.64 bits per heavy atom. The van der Waals surface area contributed by atoms with Gasteiger partial charge in [-0.2, -0.15) is 4.31 Å². The molecule has 0 radical (unpaired) electrons. The van der Waals surface area contributed by atoms with Gasteiger partial charge in [-0.1, -0.05) is 42.1 Å². The minimum Gasteiger partial charge on any atom is -0.494 e. The third kappa shape index (κ3) is 5.95. The van der Waals surface area contributed by atoms with Gasteiger partial charge < -0.3 is 14.6 Å². The lowest BCUT2D eigenvalue weighted by Crippen LogP contribution is -2.50. The molecule has 0 unspecified atom stereocenters. The Labute approximate surface area is 197 Å². The lowest BCUT2D eigenvalue weighted by atomic mass is 10.2. The molecule has 10 heteroatoms. The van der Waals surface area contributed by atoms with Crippen LogP contribution in [0, 0.1) is 0 Å². The number of imidazole rings is 1. The summed E-state index contributed by atoms with van der Waals surface area (Å²) in [5.41, 5.74) is 2.50. The highest BCUT2D eigenvalue weighted by Crippen LogP contribution is 2.24. The molecule has 1 aliphatic rings. The Hall–Kier alpha value is -2.82. The van der Waals surface area contributed by atoms with Crippen LogP contribution in [0.2, 0.25) is 0 Å². The van der Waals surface area contributed by atoms with E-state index in [1.807, 2.05) is 55.5 Å². The monoisotopic (exact) mass is 486 g/mol. The van der Waals surface area contributed by atoms with E-state index in [-0.39, 0.29) is 24.7 Å². The van der Waals surface area contributed by atoms with Gasteiger partial charge >= 0.3 is 0 Å². The molecule has 4 rings (SSSR count). The number of piperazine rings is 1. The minimum atomic E-state index is -3.52. The summed E-state index contributed by atoms with van der Waals surface area (Å²) in [5, 5.41) is 1.90. The molecule has 2 aromatic carbocycles. The first kappa shape index (κ1) is 23.3. The van der Waals surface area contributed by atoms with Gasteiger partial charge in [0.25, 0.3) is 0 Å². The molecule has 1 saturated heterocycles. The summed E-state index contributed by atoms with van der Waals surface area (Å²) in [5.74, 6) is 0.971. The first-order chi connectivity index (χ1) is 15.9. The third-order valence-corrected chi connectivity index (χ3v) is 7.68. The average molecular weight is 487 g/mol. The van der Waals surface area contributed by atoms with Crippen LogP contribution in [0.3, 0.4) is 0 Å². The minimum absolute atomic E-state index is 0.0349. The molecule has 2 heterocycles. The second-order valence-corrected chi connectivity index (χ2v) is 10.3. The van der Waals surface area contributed by atoms with Crippen molar-refractivity contribution >= 4 is 44.8 Å². The second-order valence-electron chi connectivity index (χ2n) is 7.48. The van der Waals surface area contributed by atoms with Gasteiger partial charge in [0.1, 0.15) is 5.75 Å². The van der Waals surface area contributed by atoms with Crippen LogP contribution in [0.15, 0.2) is 59.1 Å². The van der Waals surface area contributed by atoms with Gasteiger partial charge in [-0.15, -0.1) is 0 Å². The maximum atomic E-state index is 12.7. The zero-order valence-corrected chi connectivity index (χ0v) is 19.9. The summed E-state index contributed by atoms with van der Waals surface area (Å²) in [7, 11) is -3.52. The maximum Gasteiger partial charge on any atom is 0.236 e. The summed E-state index contributed by atoms with van der Waals surface area (Å²) < 4.78 is 32.1. The number of fused-ring (bicyclic) bond motifs is 1. The Kier molecular flexibility index (Phi) is 7.36. The van der Waals surface area contributed by atoms with Crippen molar-refractivity contribution in [3.05, 3.63) is 59.5 Å². The number of aromatic nitrogens is 2. The second kappa shape index (κ2) is 10.4. The van der Waals surface area contributed by atoms with Crippen LogP contribution >= 0.6 is 11.8 Å². The maximum absolute atomic E-state index is 12.7. The molecule has 1 amide bonds. The van der Waals surface area contributed by atoms with E-state index in [9.17, 15) is 13.2 Å². The average Bonchev–Trinajstić information content (AvgIpc) is 3.24. The molecule has 1 aromatic heterocycles. The molecule has 33 heavy (non-hydrogen) atoms. The van der Waals surface area contributed by atoms with E-state index in [0.29, 0.717) is 24.9 Å². The number of carbonyl (C=O) groups is 1. The zero-order valence-electron chi connectivity index (χ0n) is 18.3. The van der Waals surface area contributed by atoms with Crippen molar-refractivity contribution in [1.29, 1.82) is 0 Å². The third-order valence-electron chi connectivity index (χ3n) is 5.26. The van der Waals surface area contributed by atoms with Crippen LogP contribution in [0.5, 0.6) is 5.75 Å². The highest BCUT2D eigenvalue weighted by Gasteiger charge is 2.27. The summed E-state index contributed by atoms with van der Waals surface area (Å²) in [6.07, 6.45) is 1.59. The molecule has 1 N–H and O–H groups in total. The van der Waals surface area contributed by atoms with E-state index in [1.165, 1.54) is 21.5 Å². The number of H-pyrrole nitrogens is 1. The first-order valence-corrected chi connectivity index (χ1v) is 13.2. The number of ether oxygens (including phenoxy) is 1. The highest BCUT2D eigenvalue weighted by molar-refractivity contribution is 7.99. The van der Waals surface area contributed by atoms with E-state index in [0.717, 1.165) is 22.3 Å². The zero-order chi connectivity index (χ0) is 23.3. The normalized spacial score (nSPS) is 15.4. The number of hydrogen-bond donors (Lipinski definition) is 1. The predicted molar refractivity (Wildman–Crippen MR) is 131 cm³/mol. The SMILES string of the molecule is CCOc1ccc2nc(SCC(=O)N3CCN(S(=O)(=O)C=Cc4ccccc4)CC3)[nH]c2c1.